The van der Waals surface area contributed by atoms with Crippen molar-refractivity contribution in [1.29, 1.82) is 0 Å². The molecule has 0 aliphatic rings. The third kappa shape index (κ3) is 28.1. The van der Waals surface area contributed by atoms with Crippen LogP contribution in [-0.4, -0.2) is 39.6 Å². The first kappa shape index (κ1) is 33.7. The summed E-state index contributed by atoms with van der Waals surface area (Å²) in [7, 11) is 13.6. The van der Waals surface area contributed by atoms with Gasteiger partial charge in [0.15, 0.2) is 0 Å². The minimum absolute atomic E-state index is 0.331. The Bertz CT molecular complexity index is 343. The number of hydrogen-bond acceptors (Lipinski definition) is 8. The van der Waals surface area contributed by atoms with Gasteiger partial charge >= 0.3 is 65.2 Å². The van der Waals surface area contributed by atoms with Crippen LogP contribution < -0.4 is 0 Å². The van der Waals surface area contributed by atoms with Gasteiger partial charge in [0.25, 0.3) is 0 Å². The molecule has 0 spiro atoms. The van der Waals surface area contributed by atoms with Gasteiger partial charge in [0.05, 0.1) is 39.6 Å². The second kappa shape index (κ2) is 20.0. The van der Waals surface area contributed by atoms with Crippen molar-refractivity contribution < 1.29 is 48.6 Å². The molecule has 0 N–H and O–H groups in total. The van der Waals surface area contributed by atoms with Crippen LogP contribution in [0.5, 0.6) is 0 Å². The zero-order valence-corrected chi connectivity index (χ0v) is 22.8. The topological polar surface area (TPSA) is 89.5 Å². The zero-order chi connectivity index (χ0) is 22.0. The van der Waals surface area contributed by atoms with Gasteiger partial charge in [-0.3, -0.25) is 27.1 Å². The van der Waals surface area contributed by atoms with Crippen LogP contribution in [0, 0.1) is 0 Å². The Hall–Kier alpha value is 2.09. The van der Waals surface area contributed by atoms with Crippen LogP contribution in [0.15, 0.2) is 0 Å². The first-order valence-corrected chi connectivity index (χ1v) is 19.7. The van der Waals surface area contributed by atoms with Crippen LogP contribution in [0.2, 0.25) is 0 Å². The van der Waals surface area contributed by atoms with Crippen LogP contribution in [0.25, 0.3) is 0 Å². The van der Waals surface area contributed by atoms with E-state index in [1.54, 1.807) is 41.5 Å². The molecule has 0 aliphatic heterocycles. The Labute approximate surface area is 181 Å². The summed E-state index contributed by atoms with van der Waals surface area (Å²) in [6.07, 6.45) is 0. The SMILES string of the molecule is CCOP(=O)(OCC)OCC.CCOP(=O)(OCC)OCC.[Cl][Ti]([Cl])([Cl])[Cl]. The molecule has 0 saturated heterocycles. The second-order valence-corrected chi connectivity index (χ2v) is 22.6. The molecule has 0 fully saturated rings. The molecule has 0 aliphatic carbocycles. The van der Waals surface area contributed by atoms with E-state index in [0.717, 1.165) is 0 Å². The molecule has 0 atom stereocenters. The van der Waals surface area contributed by atoms with E-state index < -0.39 is 28.0 Å². The second-order valence-electron chi connectivity index (χ2n) is 3.83. The average Bonchev–Trinajstić information content (AvgIpc) is 2.47. The van der Waals surface area contributed by atoms with Gasteiger partial charge in [-0.05, 0) is 41.5 Å². The normalized spacial score (nSPS) is 11.9. The van der Waals surface area contributed by atoms with Crippen LogP contribution in [0.3, 0.4) is 0 Å². The van der Waals surface area contributed by atoms with E-state index >= 15 is 0 Å². The Morgan fingerprint density at radius 2 is 0.630 bits per heavy atom. The monoisotopic (exact) mass is 552 g/mol. The van der Waals surface area contributed by atoms with E-state index in [-0.39, 0.29) is 0 Å². The Morgan fingerprint density at radius 3 is 0.704 bits per heavy atom. The Morgan fingerprint density at radius 1 is 0.519 bits per heavy atom. The van der Waals surface area contributed by atoms with Crippen molar-refractivity contribution in [3.05, 3.63) is 0 Å². The maximum absolute atomic E-state index is 11.3. The van der Waals surface area contributed by atoms with Crippen molar-refractivity contribution >= 4 is 52.9 Å². The zero-order valence-electron chi connectivity index (χ0n) is 16.4. The van der Waals surface area contributed by atoms with Gasteiger partial charge < -0.3 is 0 Å². The average molecular weight is 554 g/mol. The number of halogens is 4. The summed E-state index contributed by atoms with van der Waals surface area (Å²) in [5, 5.41) is 0. The number of phosphoric acid groups is 2. The predicted octanol–water partition coefficient (Wildman–Crippen LogP) is 7.16. The van der Waals surface area contributed by atoms with Crippen molar-refractivity contribution in [2.24, 2.45) is 0 Å². The Kier molecular flexibility index (Phi) is 25.0. The van der Waals surface area contributed by atoms with Crippen molar-refractivity contribution in [2.45, 2.75) is 41.5 Å². The van der Waals surface area contributed by atoms with Crippen LogP contribution >= 0.6 is 52.9 Å². The third-order valence-electron chi connectivity index (χ3n) is 1.72. The molecule has 27 heavy (non-hydrogen) atoms. The van der Waals surface area contributed by atoms with Crippen molar-refractivity contribution in [2.75, 3.05) is 39.6 Å². The van der Waals surface area contributed by atoms with E-state index in [4.69, 9.17) is 64.4 Å². The molecule has 0 bridgehead atoms. The maximum atomic E-state index is 11.3. The van der Waals surface area contributed by atoms with Gasteiger partial charge in [-0.1, -0.05) is 0 Å². The van der Waals surface area contributed by atoms with Gasteiger partial charge in [0.1, 0.15) is 0 Å². The first-order chi connectivity index (χ1) is 12.4. The quantitative estimate of drug-likeness (QED) is 0.186. The number of hydrogen-bond donors (Lipinski definition) is 0. The molecule has 0 heterocycles. The van der Waals surface area contributed by atoms with Gasteiger partial charge in [0, 0.05) is 0 Å². The Balaban J connectivity index is -0.000000344. The van der Waals surface area contributed by atoms with Crippen LogP contribution in [0.1, 0.15) is 41.5 Å². The molecule has 168 valence electrons. The van der Waals surface area contributed by atoms with Gasteiger partial charge in [-0.25, -0.2) is 9.13 Å². The molecule has 8 nitrogen and oxygen atoms in total. The molecule has 0 aromatic rings. The fourth-order valence-corrected chi connectivity index (χ4v) is 3.52. The van der Waals surface area contributed by atoms with E-state index in [9.17, 15) is 9.13 Å². The molecular weight excluding hydrogens is 524 g/mol. The number of rotatable bonds is 12. The fourth-order valence-electron chi connectivity index (χ4n) is 1.17. The van der Waals surface area contributed by atoms with Crippen molar-refractivity contribution in [1.82, 2.24) is 0 Å². The molecule has 0 aromatic heterocycles. The molecule has 0 unspecified atom stereocenters. The van der Waals surface area contributed by atoms with E-state index in [2.05, 4.69) is 0 Å². The molecule has 0 saturated carbocycles. The molecule has 0 rings (SSSR count). The van der Waals surface area contributed by atoms with Crippen LogP contribution in [0.4, 0.5) is 0 Å². The van der Waals surface area contributed by atoms with E-state index in [0.29, 0.717) is 39.6 Å². The standard InChI is InChI=1S/2C6H15O4P.4ClH.Ti/c2*1-4-8-11(7,9-5-2)10-6-3;;;;;/h2*4-6H2,1-3H3;4*1H;/q;;;;;;+4/p-4. The number of phosphoric ester groups is 2. The van der Waals surface area contributed by atoms with Crippen molar-refractivity contribution in [3.63, 3.8) is 0 Å². The van der Waals surface area contributed by atoms with E-state index in [1.165, 1.54) is 0 Å². The third-order valence-corrected chi connectivity index (χ3v) is 5.17. The fraction of sp³-hybridized carbons (Fsp3) is 1.00. The van der Waals surface area contributed by atoms with Gasteiger partial charge in [0.2, 0.25) is 0 Å². The van der Waals surface area contributed by atoms with Crippen LogP contribution in [-0.2, 0) is 48.6 Å². The minimum atomic E-state index is -3.22. The summed E-state index contributed by atoms with van der Waals surface area (Å²) >= 11 is -3.11. The summed E-state index contributed by atoms with van der Waals surface area (Å²) in [6.45, 7) is 12.4. The van der Waals surface area contributed by atoms with Gasteiger partial charge in [-0.15, -0.1) is 0 Å². The summed E-state index contributed by atoms with van der Waals surface area (Å²) in [5.74, 6) is 0. The predicted molar refractivity (Wildman–Crippen MR) is 108 cm³/mol. The molecule has 15 heteroatoms. The summed E-state index contributed by atoms with van der Waals surface area (Å²) < 4.78 is 51.6. The summed E-state index contributed by atoms with van der Waals surface area (Å²) in [4.78, 5) is 0. The molecule has 0 radical (unpaired) electrons. The van der Waals surface area contributed by atoms with Gasteiger partial charge in [-0.2, -0.15) is 0 Å². The molecular formula is C12H30Cl4O8P2Ti. The first-order valence-electron chi connectivity index (χ1n) is 8.19. The summed E-state index contributed by atoms with van der Waals surface area (Å²) in [6, 6.07) is 0. The molecule has 0 aromatic carbocycles. The van der Waals surface area contributed by atoms with Crippen molar-refractivity contribution in [3.8, 4) is 0 Å². The van der Waals surface area contributed by atoms with E-state index in [1.807, 2.05) is 0 Å². The molecule has 0 amide bonds. The summed E-state index contributed by atoms with van der Waals surface area (Å²) in [5.41, 5.74) is 0.